The van der Waals surface area contributed by atoms with E-state index in [1.165, 1.54) is 5.56 Å². The highest BCUT2D eigenvalue weighted by Crippen LogP contribution is 2.44. The van der Waals surface area contributed by atoms with Crippen LogP contribution in [0.25, 0.3) is 0 Å². The van der Waals surface area contributed by atoms with E-state index in [0.717, 1.165) is 24.3 Å². The fourth-order valence-electron chi connectivity index (χ4n) is 2.57. The van der Waals surface area contributed by atoms with Gasteiger partial charge in [0.2, 0.25) is 0 Å². The van der Waals surface area contributed by atoms with E-state index >= 15 is 0 Å². The quantitative estimate of drug-likeness (QED) is 0.823. The summed E-state index contributed by atoms with van der Waals surface area (Å²) in [5.41, 5.74) is 1.54. The van der Waals surface area contributed by atoms with Crippen LogP contribution in [0.4, 0.5) is 0 Å². The number of fused-ring (bicyclic) bond motifs is 1. The largest absolute Gasteiger partial charge is 0.493 e. The Hall–Kier alpha value is -1.06. The molecule has 0 aromatic heterocycles. The minimum absolute atomic E-state index is 0.203. The van der Waals surface area contributed by atoms with Gasteiger partial charge < -0.3 is 14.6 Å². The molecule has 1 fully saturated rings. The lowest BCUT2D eigenvalue weighted by molar-refractivity contribution is -0.133. The van der Waals surface area contributed by atoms with Gasteiger partial charge in [0, 0.05) is 26.4 Å². The summed E-state index contributed by atoms with van der Waals surface area (Å²) in [7, 11) is 1.70. The lowest BCUT2D eigenvalue weighted by atomic mass is 9.72. The minimum Gasteiger partial charge on any atom is -0.493 e. The van der Waals surface area contributed by atoms with Gasteiger partial charge in [-0.1, -0.05) is 6.07 Å². The summed E-state index contributed by atoms with van der Waals surface area (Å²) < 4.78 is 10.7. The molecular weight excluding hydrogens is 204 g/mol. The second-order valence-corrected chi connectivity index (χ2v) is 4.72. The van der Waals surface area contributed by atoms with E-state index < -0.39 is 5.60 Å². The van der Waals surface area contributed by atoms with Crippen LogP contribution in [0.15, 0.2) is 18.2 Å². The van der Waals surface area contributed by atoms with Crippen molar-refractivity contribution in [1.29, 1.82) is 0 Å². The number of benzene rings is 1. The first-order chi connectivity index (χ1) is 7.71. The highest BCUT2D eigenvalue weighted by molar-refractivity contribution is 5.42. The van der Waals surface area contributed by atoms with Crippen LogP contribution >= 0.6 is 0 Å². The van der Waals surface area contributed by atoms with Gasteiger partial charge >= 0.3 is 0 Å². The molecule has 86 valence electrons. The van der Waals surface area contributed by atoms with Crippen molar-refractivity contribution in [2.75, 3.05) is 13.7 Å². The van der Waals surface area contributed by atoms with Crippen LogP contribution in [0.2, 0.25) is 0 Å². The van der Waals surface area contributed by atoms with Crippen molar-refractivity contribution >= 4 is 0 Å². The Balaban J connectivity index is 1.85. The molecule has 1 heterocycles. The lowest BCUT2D eigenvalue weighted by Crippen LogP contribution is -2.45. The van der Waals surface area contributed by atoms with Gasteiger partial charge in [-0.25, -0.2) is 0 Å². The molecule has 0 amide bonds. The third-order valence-electron chi connectivity index (χ3n) is 3.69. The van der Waals surface area contributed by atoms with Crippen molar-refractivity contribution < 1.29 is 14.6 Å². The van der Waals surface area contributed by atoms with E-state index in [9.17, 15) is 5.11 Å². The second kappa shape index (κ2) is 3.47. The summed E-state index contributed by atoms with van der Waals surface area (Å²) in [4.78, 5) is 0. The van der Waals surface area contributed by atoms with Crippen LogP contribution in [0, 0.1) is 0 Å². The van der Waals surface area contributed by atoms with E-state index in [2.05, 4.69) is 6.07 Å². The zero-order valence-electron chi connectivity index (χ0n) is 9.40. The molecule has 1 aromatic carbocycles. The predicted molar refractivity (Wildman–Crippen MR) is 59.6 cm³/mol. The smallest absolute Gasteiger partial charge is 0.122 e. The summed E-state index contributed by atoms with van der Waals surface area (Å²) in [5.74, 6) is 0.968. The van der Waals surface area contributed by atoms with Gasteiger partial charge in [0.1, 0.15) is 5.75 Å². The van der Waals surface area contributed by atoms with E-state index in [-0.39, 0.29) is 6.10 Å². The monoisotopic (exact) mass is 220 g/mol. The molecule has 3 heteroatoms. The van der Waals surface area contributed by atoms with E-state index in [4.69, 9.17) is 9.47 Å². The molecule has 1 aliphatic carbocycles. The minimum atomic E-state index is -0.682. The van der Waals surface area contributed by atoms with Crippen molar-refractivity contribution in [2.24, 2.45) is 0 Å². The molecule has 3 rings (SSSR count). The highest BCUT2D eigenvalue weighted by atomic mass is 16.5. The van der Waals surface area contributed by atoms with Crippen molar-refractivity contribution in [2.45, 2.75) is 31.0 Å². The third-order valence-corrected chi connectivity index (χ3v) is 3.69. The first kappa shape index (κ1) is 10.1. The Labute approximate surface area is 95.0 Å². The van der Waals surface area contributed by atoms with Gasteiger partial charge in [-0.3, -0.25) is 0 Å². The zero-order valence-corrected chi connectivity index (χ0v) is 9.40. The van der Waals surface area contributed by atoms with Crippen LogP contribution < -0.4 is 4.74 Å². The molecular formula is C13H16O3. The van der Waals surface area contributed by atoms with Gasteiger partial charge in [-0.2, -0.15) is 0 Å². The van der Waals surface area contributed by atoms with E-state index in [1.54, 1.807) is 7.11 Å². The van der Waals surface area contributed by atoms with Gasteiger partial charge in [-0.15, -0.1) is 0 Å². The number of aliphatic hydroxyl groups is 1. The number of ether oxygens (including phenoxy) is 2. The topological polar surface area (TPSA) is 38.7 Å². The molecule has 2 aliphatic rings. The summed E-state index contributed by atoms with van der Waals surface area (Å²) >= 11 is 0. The maximum Gasteiger partial charge on any atom is 0.122 e. The molecule has 0 atom stereocenters. The van der Waals surface area contributed by atoms with Crippen LogP contribution in [-0.4, -0.2) is 24.9 Å². The Morgan fingerprint density at radius 1 is 1.44 bits per heavy atom. The SMILES string of the molecule is COC1CC(O)(c2ccc3c(c2)CCO3)C1. The zero-order chi connectivity index (χ0) is 11.2. The molecule has 1 saturated carbocycles. The van der Waals surface area contributed by atoms with Crippen LogP contribution in [0.5, 0.6) is 5.75 Å². The fourth-order valence-corrected chi connectivity index (χ4v) is 2.57. The third kappa shape index (κ3) is 1.43. The molecule has 16 heavy (non-hydrogen) atoms. The van der Waals surface area contributed by atoms with Gasteiger partial charge in [0.25, 0.3) is 0 Å². The highest BCUT2D eigenvalue weighted by Gasteiger charge is 2.44. The summed E-state index contributed by atoms with van der Waals surface area (Å²) in [6, 6.07) is 6.01. The molecule has 1 aromatic rings. The number of hydrogen-bond donors (Lipinski definition) is 1. The maximum absolute atomic E-state index is 10.4. The normalized spacial score (nSPS) is 31.8. The van der Waals surface area contributed by atoms with Crippen molar-refractivity contribution in [3.05, 3.63) is 29.3 Å². The molecule has 3 nitrogen and oxygen atoms in total. The maximum atomic E-state index is 10.4. The second-order valence-electron chi connectivity index (χ2n) is 4.72. The molecule has 0 saturated heterocycles. The Morgan fingerprint density at radius 2 is 2.25 bits per heavy atom. The van der Waals surface area contributed by atoms with Crippen molar-refractivity contribution in [3.8, 4) is 5.75 Å². The first-order valence-electron chi connectivity index (χ1n) is 5.73. The first-order valence-corrected chi connectivity index (χ1v) is 5.73. The van der Waals surface area contributed by atoms with Crippen molar-refractivity contribution in [3.63, 3.8) is 0 Å². The van der Waals surface area contributed by atoms with E-state index in [1.807, 2.05) is 12.1 Å². The molecule has 0 radical (unpaired) electrons. The summed E-state index contributed by atoms with van der Waals surface area (Å²) in [6.07, 6.45) is 2.55. The van der Waals surface area contributed by atoms with Gasteiger partial charge in [-0.05, 0) is 23.3 Å². The van der Waals surface area contributed by atoms with Gasteiger partial charge in [0.05, 0.1) is 18.3 Å². The molecule has 1 N–H and O–H groups in total. The lowest BCUT2D eigenvalue weighted by Gasteiger charge is -2.43. The molecule has 0 bridgehead atoms. The number of methoxy groups -OCH3 is 1. The summed E-state index contributed by atoms with van der Waals surface area (Å²) in [5, 5.41) is 10.4. The van der Waals surface area contributed by atoms with Crippen LogP contribution in [0.3, 0.4) is 0 Å². The average molecular weight is 220 g/mol. The standard InChI is InChI=1S/C13H16O3/c1-15-11-7-13(14,8-11)10-2-3-12-9(6-10)4-5-16-12/h2-3,6,11,14H,4-5,7-8H2,1H3. The molecule has 0 spiro atoms. The summed E-state index contributed by atoms with van der Waals surface area (Å²) in [6.45, 7) is 0.762. The fraction of sp³-hybridized carbons (Fsp3) is 0.538. The van der Waals surface area contributed by atoms with Crippen LogP contribution in [-0.2, 0) is 16.8 Å². The van der Waals surface area contributed by atoms with Crippen molar-refractivity contribution in [1.82, 2.24) is 0 Å². The van der Waals surface area contributed by atoms with Gasteiger partial charge in [0.15, 0.2) is 0 Å². The molecule has 0 unspecified atom stereocenters. The Kier molecular flexibility index (Phi) is 2.19. The predicted octanol–water partition coefficient (Wildman–Crippen LogP) is 1.62. The average Bonchev–Trinajstić information content (AvgIpc) is 2.71. The van der Waals surface area contributed by atoms with E-state index in [0.29, 0.717) is 12.8 Å². The number of hydrogen-bond acceptors (Lipinski definition) is 3. The number of rotatable bonds is 2. The Morgan fingerprint density at radius 3 is 3.00 bits per heavy atom. The Bertz CT molecular complexity index is 408. The van der Waals surface area contributed by atoms with Crippen LogP contribution in [0.1, 0.15) is 24.0 Å². The molecule has 1 aliphatic heterocycles.